The molecule has 1 fully saturated rings. The first-order valence-electron chi connectivity index (χ1n) is 8.63. The van der Waals surface area contributed by atoms with E-state index in [1.807, 2.05) is 54.0 Å². The third-order valence-corrected chi connectivity index (χ3v) is 4.29. The van der Waals surface area contributed by atoms with Crippen molar-refractivity contribution in [3.63, 3.8) is 0 Å². The van der Waals surface area contributed by atoms with Crippen molar-refractivity contribution in [3.05, 3.63) is 42.7 Å². The van der Waals surface area contributed by atoms with Gasteiger partial charge in [-0.2, -0.15) is 5.10 Å². The van der Waals surface area contributed by atoms with Crippen LogP contribution in [0, 0.1) is 0 Å². The molecule has 0 radical (unpaired) electrons. The van der Waals surface area contributed by atoms with Crippen LogP contribution in [0.5, 0.6) is 0 Å². The zero-order valence-electron chi connectivity index (χ0n) is 14.4. The summed E-state index contributed by atoms with van der Waals surface area (Å²) in [5, 5.41) is 4.40. The number of amides is 1. The van der Waals surface area contributed by atoms with Gasteiger partial charge in [0.1, 0.15) is 0 Å². The van der Waals surface area contributed by atoms with E-state index in [0.717, 1.165) is 24.1 Å². The Hall–Kier alpha value is -2.14. The van der Waals surface area contributed by atoms with Crippen LogP contribution in [0.2, 0.25) is 0 Å². The number of morpholine rings is 1. The topological polar surface area (TPSA) is 47.4 Å². The maximum Gasteiger partial charge on any atom is 0.222 e. The van der Waals surface area contributed by atoms with Gasteiger partial charge in [0.25, 0.3) is 0 Å². The molecule has 3 rings (SSSR count). The van der Waals surface area contributed by atoms with Gasteiger partial charge in [0.2, 0.25) is 5.91 Å². The molecule has 5 heteroatoms. The number of carbonyl (C=O) groups is 1. The average molecular weight is 327 g/mol. The molecule has 128 valence electrons. The van der Waals surface area contributed by atoms with E-state index >= 15 is 0 Å². The standard InChI is InChI=1S/C19H25N3O2/c1-15-12-21(13-16(2)24-15)19(23)9-6-10-22-14-18(11-20-22)17-7-4-3-5-8-17/h3-5,7-8,11,14-16H,6,9-10,12-13H2,1-2H3/t15-,16+. The maximum atomic E-state index is 12.3. The Bertz CT molecular complexity index is 658. The lowest BCUT2D eigenvalue weighted by atomic mass is 10.1. The lowest BCUT2D eigenvalue weighted by molar-refractivity contribution is -0.143. The minimum Gasteiger partial charge on any atom is -0.372 e. The minimum atomic E-state index is 0.122. The van der Waals surface area contributed by atoms with Crippen molar-refractivity contribution in [1.29, 1.82) is 0 Å². The maximum absolute atomic E-state index is 12.3. The van der Waals surface area contributed by atoms with Crippen LogP contribution in [0.15, 0.2) is 42.7 Å². The van der Waals surface area contributed by atoms with Crippen LogP contribution in [0.25, 0.3) is 11.1 Å². The van der Waals surface area contributed by atoms with Crippen molar-refractivity contribution in [3.8, 4) is 11.1 Å². The Labute approximate surface area is 143 Å². The van der Waals surface area contributed by atoms with Gasteiger partial charge < -0.3 is 9.64 Å². The Morgan fingerprint density at radius 3 is 2.58 bits per heavy atom. The molecular formula is C19H25N3O2. The molecule has 1 aliphatic rings. The van der Waals surface area contributed by atoms with E-state index in [1.165, 1.54) is 0 Å². The number of benzene rings is 1. The molecule has 1 aromatic heterocycles. The van der Waals surface area contributed by atoms with Gasteiger partial charge in [-0.3, -0.25) is 9.48 Å². The fraction of sp³-hybridized carbons (Fsp3) is 0.474. The Balaban J connectivity index is 1.48. The summed E-state index contributed by atoms with van der Waals surface area (Å²) in [6.07, 6.45) is 5.52. The molecule has 24 heavy (non-hydrogen) atoms. The number of ether oxygens (including phenoxy) is 1. The van der Waals surface area contributed by atoms with E-state index in [0.29, 0.717) is 19.5 Å². The third kappa shape index (κ3) is 4.23. The Morgan fingerprint density at radius 1 is 1.17 bits per heavy atom. The van der Waals surface area contributed by atoms with Crippen LogP contribution >= 0.6 is 0 Å². The summed E-state index contributed by atoms with van der Waals surface area (Å²) < 4.78 is 7.59. The second-order valence-corrected chi connectivity index (χ2v) is 6.52. The van der Waals surface area contributed by atoms with Gasteiger partial charge in [0.15, 0.2) is 0 Å². The number of aryl methyl sites for hydroxylation is 1. The smallest absolute Gasteiger partial charge is 0.222 e. The first-order chi connectivity index (χ1) is 11.6. The van der Waals surface area contributed by atoms with Crippen molar-refractivity contribution in [2.24, 2.45) is 0 Å². The first kappa shape index (κ1) is 16.7. The second kappa shape index (κ2) is 7.62. The molecule has 0 spiro atoms. The molecule has 5 nitrogen and oxygen atoms in total. The van der Waals surface area contributed by atoms with Gasteiger partial charge >= 0.3 is 0 Å². The number of aromatic nitrogens is 2. The molecule has 0 N–H and O–H groups in total. The van der Waals surface area contributed by atoms with Crippen LogP contribution < -0.4 is 0 Å². The normalized spacial score (nSPS) is 21.0. The first-order valence-corrected chi connectivity index (χ1v) is 8.63. The highest BCUT2D eigenvalue weighted by atomic mass is 16.5. The number of carbonyl (C=O) groups excluding carboxylic acids is 1. The van der Waals surface area contributed by atoms with E-state index in [2.05, 4.69) is 17.2 Å². The van der Waals surface area contributed by atoms with Gasteiger partial charge in [-0.05, 0) is 25.8 Å². The molecule has 1 aromatic carbocycles. The Kier molecular flexibility index (Phi) is 5.30. The molecule has 1 amide bonds. The molecular weight excluding hydrogens is 302 g/mol. The van der Waals surface area contributed by atoms with Crippen molar-refractivity contribution >= 4 is 5.91 Å². The van der Waals surface area contributed by atoms with E-state index in [4.69, 9.17) is 4.74 Å². The van der Waals surface area contributed by atoms with Gasteiger partial charge in [0.05, 0.1) is 18.4 Å². The largest absolute Gasteiger partial charge is 0.372 e. The van der Waals surface area contributed by atoms with Crippen LogP contribution in [-0.2, 0) is 16.1 Å². The summed E-state index contributed by atoms with van der Waals surface area (Å²) in [6.45, 7) is 6.19. The molecule has 2 aromatic rings. The predicted molar refractivity (Wildman–Crippen MR) is 93.5 cm³/mol. The summed E-state index contributed by atoms with van der Waals surface area (Å²) in [5.41, 5.74) is 2.27. The van der Waals surface area contributed by atoms with Gasteiger partial charge in [-0.25, -0.2) is 0 Å². The number of hydrogen-bond donors (Lipinski definition) is 0. The van der Waals surface area contributed by atoms with Crippen LogP contribution in [0.3, 0.4) is 0 Å². The quantitative estimate of drug-likeness (QED) is 0.848. The summed E-state index contributed by atoms with van der Waals surface area (Å²) in [6, 6.07) is 10.2. The van der Waals surface area contributed by atoms with Crippen molar-refractivity contribution < 1.29 is 9.53 Å². The SMILES string of the molecule is C[C@@H]1CN(C(=O)CCCn2cc(-c3ccccc3)cn2)C[C@H](C)O1. The van der Waals surface area contributed by atoms with E-state index in [1.54, 1.807) is 0 Å². The number of nitrogens with zero attached hydrogens (tertiary/aromatic N) is 3. The number of rotatable bonds is 5. The zero-order valence-corrected chi connectivity index (χ0v) is 14.4. The molecule has 1 aliphatic heterocycles. The Morgan fingerprint density at radius 2 is 1.88 bits per heavy atom. The van der Waals surface area contributed by atoms with Crippen LogP contribution in [0.1, 0.15) is 26.7 Å². The third-order valence-electron chi connectivity index (χ3n) is 4.29. The zero-order chi connectivity index (χ0) is 16.9. The molecule has 0 unspecified atom stereocenters. The summed E-state index contributed by atoms with van der Waals surface area (Å²) >= 11 is 0. The van der Waals surface area contributed by atoms with Crippen molar-refractivity contribution in [2.75, 3.05) is 13.1 Å². The van der Waals surface area contributed by atoms with E-state index < -0.39 is 0 Å². The van der Waals surface area contributed by atoms with Crippen LogP contribution in [-0.4, -0.2) is 45.9 Å². The molecule has 1 saturated heterocycles. The number of hydrogen-bond acceptors (Lipinski definition) is 3. The summed E-state index contributed by atoms with van der Waals surface area (Å²) in [4.78, 5) is 14.3. The molecule has 0 bridgehead atoms. The highest BCUT2D eigenvalue weighted by Gasteiger charge is 2.25. The average Bonchev–Trinajstić information content (AvgIpc) is 3.03. The van der Waals surface area contributed by atoms with E-state index in [9.17, 15) is 4.79 Å². The summed E-state index contributed by atoms with van der Waals surface area (Å²) in [7, 11) is 0. The highest BCUT2D eigenvalue weighted by molar-refractivity contribution is 5.76. The lowest BCUT2D eigenvalue weighted by Gasteiger charge is -2.35. The van der Waals surface area contributed by atoms with Crippen molar-refractivity contribution in [1.82, 2.24) is 14.7 Å². The summed E-state index contributed by atoms with van der Waals surface area (Å²) in [5.74, 6) is 0.215. The minimum absolute atomic E-state index is 0.122. The molecule has 0 saturated carbocycles. The van der Waals surface area contributed by atoms with Gasteiger partial charge in [-0.1, -0.05) is 30.3 Å². The molecule has 2 atom stereocenters. The van der Waals surface area contributed by atoms with E-state index in [-0.39, 0.29) is 18.1 Å². The second-order valence-electron chi connectivity index (χ2n) is 6.52. The highest BCUT2D eigenvalue weighted by Crippen LogP contribution is 2.18. The molecule has 2 heterocycles. The van der Waals surface area contributed by atoms with Gasteiger partial charge in [-0.15, -0.1) is 0 Å². The van der Waals surface area contributed by atoms with Crippen molar-refractivity contribution in [2.45, 2.75) is 45.4 Å². The molecule has 0 aliphatic carbocycles. The van der Waals surface area contributed by atoms with Gasteiger partial charge in [0, 0.05) is 37.8 Å². The van der Waals surface area contributed by atoms with Crippen LogP contribution in [0.4, 0.5) is 0 Å². The fourth-order valence-electron chi connectivity index (χ4n) is 3.20. The lowest BCUT2D eigenvalue weighted by Crippen LogP contribution is -2.48. The fourth-order valence-corrected chi connectivity index (χ4v) is 3.20. The predicted octanol–water partition coefficient (Wildman–Crippen LogP) is 2.97. The monoisotopic (exact) mass is 327 g/mol.